The number of aliphatic imine (C=N–C) groups is 1. The lowest BCUT2D eigenvalue weighted by Gasteiger charge is -2.34. The molecule has 1 N–H and O–H groups in total. The van der Waals surface area contributed by atoms with E-state index in [2.05, 4.69) is 66.2 Å². The molecule has 0 aromatic heterocycles. The van der Waals surface area contributed by atoms with Crippen molar-refractivity contribution in [3.8, 4) is 0 Å². The quantitative estimate of drug-likeness (QED) is 0.416. The smallest absolute Gasteiger partial charge is 0.193 e. The maximum atomic E-state index is 5.76. The molecule has 2 rings (SSSR count). The highest BCUT2D eigenvalue weighted by Gasteiger charge is 2.21. The van der Waals surface area contributed by atoms with Gasteiger partial charge in [-0.15, -0.1) is 0 Å². The Morgan fingerprint density at radius 1 is 1.19 bits per heavy atom. The Kier molecular flexibility index (Phi) is 9.32. The molecule has 0 aliphatic carbocycles. The predicted octanol–water partition coefficient (Wildman–Crippen LogP) is 3.37. The van der Waals surface area contributed by atoms with Gasteiger partial charge in [-0.1, -0.05) is 18.2 Å². The van der Waals surface area contributed by atoms with Crippen molar-refractivity contribution in [2.75, 3.05) is 50.8 Å². The molecule has 0 unspecified atom stereocenters. The van der Waals surface area contributed by atoms with Gasteiger partial charge in [0.05, 0.1) is 6.10 Å². The molecule has 5 nitrogen and oxygen atoms in total. The Bertz CT molecular complexity index is 512. The number of rotatable bonds is 9. The van der Waals surface area contributed by atoms with Crippen LogP contribution in [0.5, 0.6) is 0 Å². The number of piperidine rings is 1. The van der Waals surface area contributed by atoms with Crippen LogP contribution in [0.3, 0.4) is 0 Å². The Hall–Kier alpha value is -1.75. The molecule has 1 fully saturated rings. The van der Waals surface area contributed by atoms with Gasteiger partial charge in [0.2, 0.25) is 0 Å². The third-order valence-electron chi connectivity index (χ3n) is 4.83. The van der Waals surface area contributed by atoms with Crippen molar-refractivity contribution in [2.24, 2.45) is 4.99 Å². The van der Waals surface area contributed by atoms with Gasteiger partial charge in [-0.05, 0) is 52.2 Å². The first kappa shape index (κ1) is 20.6. The maximum Gasteiger partial charge on any atom is 0.193 e. The fourth-order valence-electron chi connectivity index (χ4n) is 3.45. The summed E-state index contributed by atoms with van der Waals surface area (Å²) < 4.78 is 5.76. The van der Waals surface area contributed by atoms with Crippen LogP contribution in [0.15, 0.2) is 35.3 Å². The van der Waals surface area contributed by atoms with Crippen LogP contribution in [0.1, 0.15) is 40.0 Å². The molecule has 0 amide bonds. The van der Waals surface area contributed by atoms with Gasteiger partial charge in [-0.3, -0.25) is 4.99 Å². The van der Waals surface area contributed by atoms with Gasteiger partial charge in [-0.25, -0.2) is 0 Å². The number of benzene rings is 1. The van der Waals surface area contributed by atoms with Crippen molar-refractivity contribution in [2.45, 2.75) is 46.1 Å². The third kappa shape index (κ3) is 6.52. The van der Waals surface area contributed by atoms with Crippen LogP contribution >= 0.6 is 0 Å². The molecule has 1 aliphatic heterocycles. The molecule has 0 bridgehead atoms. The highest BCUT2D eigenvalue weighted by molar-refractivity contribution is 5.80. The molecule has 1 aromatic rings. The summed E-state index contributed by atoms with van der Waals surface area (Å²) in [4.78, 5) is 9.67. The first-order chi connectivity index (χ1) is 12.8. The lowest BCUT2D eigenvalue weighted by atomic mass is 10.1. The van der Waals surface area contributed by atoms with Gasteiger partial charge in [0, 0.05) is 51.6 Å². The lowest BCUT2D eigenvalue weighted by molar-refractivity contribution is 0.0264. The first-order valence-electron chi connectivity index (χ1n) is 10.2. The summed E-state index contributed by atoms with van der Waals surface area (Å²) in [6.45, 7) is 13.1. The number of nitrogens with one attached hydrogen (secondary N) is 1. The highest BCUT2D eigenvalue weighted by atomic mass is 16.5. The van der Waals surface area contributed by atoms with Crippen LogP contribution in [-0.2, 0) is 4.74 Å². The summed E-state index contributed by atoms with van der Waals surface area (Å²) in [5.41, 5.74) is 1.30. The van der Waals surface area contributed by atoms with E-state index in [4.69, 9.17) is 9.73 Å². The van der Waals surface area contributed by atoms with Crippen LogP contribution in [0.2, 0.25) is 0 Å². The molecular formula is C21H36N4O. The number of likely N-dealkylation sites (tertiary alicyclic amines) is 1. The van der Waals surface area contributed by atoms with Crippen molar-refractivity contribution < 1.29 is 4.74 Å². The number of para-hydroxylation sites is 1. The summed E-state index contributed by atoms with van der Waals surface area (Å²) in [5, 5.41) is 3.45. The fourth-order valence-corrected chi connectivity index (χ4v) is 3.45. The van der Waals surface area contributed by atoms with Crippen molar-refractivity contribution in [1.82, 2.24) is 10.2 Å². The van der Waals surface area contributed by atoms with E-state index in [1.54, 1.807) is 0 Å². The second kappa shape index (κ2) is 11.8. The molecule has 26 heavy (non-hydrogen) atoms. The van der Waals surface area contributed by atoms with Crippen LogP contribution < -0.4 is 10.2 Å². The van der Waals surface area contributed by atoms with Crippen LogP contribution in [0, 0.1) is 0 Å². The molecule has 0 saturated carbocycles. The number of anilines is 1. The van der Waals surface area contributed by atoms with E-state index < -0.39 is 0 Å². The Balaban J connectivity index is 1.81. The van der Waals surface area contributed by atoms with Crippen molar-refractivity contribution in [1.29, 1.82) is 0 Å². The minimum absolute atomic E-state index is 0.420. The molecular weight excluding hydrogens is 324 g/mol. The molecule has 0 spiro atoms. The summed E-state index contributed by atoms with van der Waals surface area (Å²) in [5.74, 6) is 1.06. The summed E-state index contributed by atoms with van der Waals surface area (Å²) in [6, 6.07) is 10.6. The topological polar surface area (TPSA) is 40.1 Å². The number of nitrogens with zero attached hydrogens (tertiary/aromatic N) is 3. The zero-order valence-corrected chi connectivity index (χ0v) is 16.8. The minimum Gasteiger partial charge on any atom is -0.378 e. The maximum absolute atomic E-state index is 5.76. The molecule has 0 radical (unpaired) electrons. The van der Waals surface area contributed by atoms with E-state index in [0.29, 0.717) is 6.10 Å². The van der Waals surface area contributed by atoms with E-state index in [0.717, 1.165) is 71.1 Å². The summed E-state index contributed by atoms with van der Waals surface area (Å²) >= 11 is 0. The Morgan fingerprint density at radius 3 is 2.54 bits per heavy atom. The number of guanidine groups is 1. The normalized spacial score (nSPS) is 16.0. The van der Waals surface area contributed by atoms with Gasteiger partial charge >= 0.3 is 0 Å². The predicted molar refractivity (Wildman–Crippen MR) is 111 cm³/mol. The minimum atomic E-state index is 0.420. The fraction of sp³-hybridized carbons (Fsp3) is 0.667. The van der Waals surface area contributed by atoms with Crippen LogP contribution in [0.4, 0.5) is 5.69 Å². The SMILES string of the molecule is CCNC(=NCCCN(CC)c1ccccc1)N1CCC(OCC)CC1. The highest BCUT2D eigenvalue weighted by Crippen LogP contribution is 2.15. The van der Waals surface area contributed by atoms with Gasteiger partial charge in [-0.2, -0.15) is 0 Å². The van der Waals surface area contributed by atoms with Gasteiger partial charge in [0.25, 0.3) is 0 Å². The lowest BCUT2D eigenvalue weighted by Crippen LogP contribution is -2.47. The van der Waals surface area contributed by atoms with Gasteiger partial charge in [0.1, 0.15) is 0 Å². The van der Waals surface area contributed by atoms with E-state index in [-0.39, 0.29) is 0 Å². The molecule has 1 aliphatic rings. The Morgan fingerprint density at radius 2 is 1.92 bits per heavy atom. The zero-order chi connectivity index (χ0) is 18.6. The molecule has 5 heteroatoms. The molecule has 0 atom stereocenters. The van der Waals surface area contributed by atoms with E-state index >= 15 is 0 Å². The number of hydrogen-bond donors (Lipinski definition) is 1. The summed E-state index contributed by atoms with van der Waals surface area (Å²) in [6.07, 6.45) is 3.67. The zero-order valence-electron chi connectivity index (χ0n) is 16.8. The average Bonchev–Trinajstić information content (AvgIpc) is 2.69. The van der Waals surface area contributed by atoms with Crippen molar-refractivity contribution >= 4 is 11.6 Å². The van der Waals surface area contributed by atoms with E-state index in [1.165, 1.54) is 5.69 Å². The summed E-state index contributed by atoms with van der Waals surface area (Å²) in [7, 11) is 0. The molecule has 1 saturated heterocycles. The number of ether oxygens (including phenoxy) is 1. The second-order valence-electron chi connectivity index (χ2n) is 6.65. The third-order valence-corrected chi connectivity index (χ3v) is 4.83. The Labute approximate surface area is 159 Å². The standard InChI is InChI=1S/C21H36N4O/c1-4-22-21(25-17-13-20(14-18-25)26-6-3)23-15-10-16-24(5-2)19-11-8-7-9-12-19/h7-9,11-12,20H,4-6,10,13-18H2,1-3H3,(H,22,23). The molecule has 146 valence electrons. The average molecular weight is 361 g/mol. The van der Waals surface area contributed by atoms with Gasteiger partial charge < -0.3 is 19.9 Å². The number of hydrogen-bond acceptors (Lipinski definition) is 3. The van der Waals surface area contributed by atoms with Crippen molar-refractivity contribution in [3.05, 3.63) is 30.3 Å². The van der Waals surface area contributed by atoms with E-state index in [1.807, 2.05) is 0 Å². The largest absolute Gasteiger partial charge is 0.378 e. The van der Waals surface area contributed by atoms with Crippen LogP contribution in [0.25, 0.3) is 0 Å². The van der Waals surface area contributed by atoms with Gasteiger partial charge in [0.15, 0.2) is 5.96 Å². The second-order valence-corrected chi connectivity index (χ2v) is 6.65. The molecule has 1 aromatic carbocycles. The molecule has 1 heterocycles. The van der Waals surface area contributed by atoms with E-state index in [9.17, 15) is 0 Å². The first-order valence-corrected chi connectivity index (χ1v) is 10.2. The monoisotopic (exact) mass is 360 g/mol. The van der Waals surface area contributed by atoms with Crippen LogP contribution in [-0.4, -0.2) is 62.8 Å². The van der Waals surface area contributed by atoms with Crippen molar-refractivity contribution in [3.63, 3.8) is 0 Å².